The third-order valence-electron chi connectivity index (χ3n) is 12.8. The summed E-state index contributed by atoms with van der Waals surface area (Å²) < 4.78 is 211. The summed E-state index contributed by atoms with van der Waals surface area (Å²) in [5.41, 5.74) is 3.08. The summed E-state index contributed by atoms with van der Waals surface area (Å²) in [7, 11) is 0. The van der Waals surface area contributed by atoms with E-state index >= 15 is 0 Å². The van der Waals surface area contributed by atoms with Crippen molar-refractivity contribution in [2.75, 3.05) is 0 Å². The zero-order valence-corrected chi connectivity index (χ0v) is 41.2. The van der Waals surface area contributed by atoms with Crippen molar-refractivity contribution >= 4 is 97.0 Å². The molecule has 2 heteroatoms. The molecule has 0 nitrogen and oxygen atoms in total. The number of hydrogen-bond acceptors (Lipinski definition) is 0. The molecular weight excluding hydrogens is 1000 g/mol. The van der Waals surface area contributed by atoms with Crippen LogP contribution >= 0.6 is 24.0 Å². The van der Waals surface area contributed by atoms with Crippen molar-refractivity contribution in [3.05, 3.63) is 291 Å². The van der Waals surface area contributed by atoms with Crippen molar-refractivity contribution < 1.29 is 32.9 Å². The van der Waals surface area contributed by atoms with Gasteiger partial charge in [-0.05, 0) is 144 Å². The van der Waals surface area contributed by atoms with E-state index in [-0.39, 0.29) is 32.4 Å². The van der Waals surface area contributed by atoms with Gasteiger partial charge in [-0.1, -0.05) is 279 Å². The van der Waals surface area contributed by atoms with Crippen molar-refractivity contribution in [3.8, 4) is 66.8 Å². The van der Waals surface area contributed by atoms with Crippen molar-refractivity contribution in [2.24, 2.45) is 0 Å². The van der Waals surface area contributed by atoms with Crippen LogP contribution in [0.5, 0.6) is 0 Å². The summed E-state index contributed by atoms with van der Waals surface area (Å²) in [6.45, 7) is 0. The van der Waals surface area contributed by atoms with Gasteiger partial charge in [0.15, 0.2) is 0 Å². The van der Waals surface area contributed by atoms with Crippen LogP contribution in [0.1, 0.15) is 32.9 Å². The molecule has 0 bridgehead atoms. The first-order valence-electron chi connectivity index (χ1n) is 35.0. The Morgan fingerprint density at radius 2 is 0.703 bits per heavy atom. The molecule has 0 heterocycles. The lowest BCUT2D eigenvalue weighted by atomic mass is 9.84. The van der Waals surface area contributed by atoms with Crippen LogP contribution in [0.4, 0.5) is 0 Å². The van der Waals surface area contributed by atoms with Gasteiger partial charge in [-0.3, -0.25) is 0 Å². The van der Waals surface area contributed by atoms with Gasteiger partial charge in [0, 0.05) is 8.41 Å². The van der Waals surface area contributed by atoms with Gasteiger partial charge < -0.3 is 0 Å². The molecule has 0 saturated carbocycles. The number of rotatable bonds is 6. The normalized spacial score (nSPS) is 15.6. The molecule has 0 aromatic heterocycles. The molecule has 0 amide bonds. The minimum atomic E-state index is -1.03. The van der Waals surface area contributed by atoms with Crippen molar-refractivity contribution in [2.45, 2.75) is 0 Å². The molecule has 0 spiro atoms. The predicted octanol–water partition coefficient (Wildman–Crippen LogP) is 20.5. The zero-order chi connectivity index (χ0) is 68.7. The second kappa shape index (κ2) is 20.9. The molecule has 14 aromatic carbocycles. The number of halogens is 1. The van der Waals surface area contributed by atoms with Gasteiger partial charge in [0.25, 0.3) is 0 Å². The molecule has 0 N–H and O–H groups in total. The highest BCUT2D eigenvalue weighted by Gasteiger charge is 2.20. The highest BCUT2D eigenvalue weighted by atomic mass is 127. The van der Waals surface area contributed by atoms with E-state index in [1.165, 1.54) is 65.7 Å². The topological polar surface area (TPSA) is 0 Å². The van der Waals surface area contributed by atoms with Crippen LogP contribution in [-0.2, 0) is 0 Å². The highest BCUT2D eigenvalue weighted by molar-refractivity contribution is 14.0. The second-order valence-corrected chi connectivity index (χ2v) is 16.8. The lowest BCUT2D eigenvalue weighted by Crippen LogP contribution is -1.91. The van der Waals surface area contributed by atoms with Gasteiger partial charge in [-0.25, -0.2) is 0 Å². The summed E-state index contributed by atoms with van der Waals surface area (Å²) in [5, 5.41) is 3.60. The Morgan fingerprint density at radius 1 is 0.230 bits per heavy atom. The van der Waals surface area contributed by atoms with Gasteiger partial charge in [0.05, 0.1) is 32.9 Å². The van der Waals surface area contributed by atoms with Crippen LogP contribution in [-0.4, -0.2) is 8.41 Å². The summed E-state index contributed by atoms with van der Waals surface area (Å²) in [6.07, 6.45) is 0. The van der Waals surface area contributed by atoms with E-state index in [9.17, 15) is 5.48 Å². The minimum absolute atomic E-state index is 0. The molecule has 0 saturated heterocycles. The van der Waals surface area contributed by atoms with E-state index in [0.29, 0.717) is 0 Å². The Balaban J connectivity index is 0.000000217. The second-order valence-electron chi connectivity index (χ2n) is 16.8. The Kier molecular flexibility index (Phi) is 7.75. The molecule has 14 rings (SSSR count). The van der Waals surface area contributed by atoms with E-state index in [2.05, 4.69) is 146 Å². The molecule has 0 fully saturated rings. The van der Waals surface area contributed by atoms with Gasteiger partial charge in [0.1, 0.15) is 0 Å². The quantitative estimate of drug-likeness (QED) is 0.0884. The Bertz CT molecular complexity index is 5700. The Labute approximate surface area is 485 Å². The Hall–Kier alpha value is -8.57. The summed E-state index contributed by atoms with van der Waals surface area (Å²) in [4.78, 5) is 0. The van der Waals surface area contributed by atoms with Crippen LogP contribution in [0.2, 0.25) is 0 Å². The molecule has 0 aliphatic rings. The Morgan fingerprint density at radius 3 is 1.35 bits per heavy atom. The van der Waals surface area contributed by atoms with E-state index < -0.39 is 211 Å². The fraction of sp³-hybridized carbons (Fsp3) is 0. The van der Waals surface area contributed by atoms with Gasteiger partial charge in [-0.2, -0.15) is 0 Å². The molecule has 74 heavy (non-hydrogen) atoms. The fourth-order valence-corrected chi connectivity index (χ4v) is 9.75. The molecule has 0 aliphatic carbocycles. The first kappa shape index (κ1) is 27.5. The van der Waals surface area contributed by atoms with E-state index in [1.807, 2.05) is 0 Å². The van der Waals surface area contributed by atoms with E-state index in [1.54, 1.807) is 0 Å². The smallest absolute Gasteiger partial charge is 0.0636 e. The summed E-state index contributed by atoms with van der Waals surface area (Å²) in [5.74, 6) is 0. The van der Waals surface area contributed by atoms with Crippen LogP contribution < -0.4 is 0 Å². The molecule has 347 valence electrons. The van der Waals surface area contributed by atoms with E-state index in [0.717, 1.165) is 0 Å². The maximum absolute atomic E-state index is 9.86. The molecule has 14 aromatic rings. The molecule has 0 unspecified atom stereocenters. The third-order valence-corrected chi connectivity index (χ3v) is 12.8. The molecular formula is C72H49BI. The van der Waals surface area contributed by atoms with Crippen LogP contribution in [0.3, 0.4) is 0 Å². The number of fused-ring (bicyclic) bond motifs is 6. The van der Waals surface area contributed by atoms with Crippen molar-refractivity contribution in [1.29, 1.82) is 0 Å². The highest BCUT2D eigenvalue weighted by Crippen LogP contribution is 2.47. The SMILES string of the molecule is I.[2H]c1c([2H])c([2H])c(-c2c3c([2H])c([2H])c([2H])c([2H])c3c(-c3c([2H])c([2H])c([2H])c([2H])c3[2H])c3c([2H])c(-c4c([2H])c([2H])c([2H])c5c([2H])c([2H])c([2H])c([2H])c45)c([2H])c([2H])c23)c([2H])c1[2H].[B].c1ccc(-c2c3ccccc3c(-c3ccccc3)c3cc(-c4cccc5ccccc45)ccc23)cc1. The third kappa shape index (κ3) is 8.61. The number of hydrogen-bond donors (Lipinski definition) is 0. The lowest BCUT2D eigenvalue weighted by molar-refractivity contribution is 1.64. The van der Waals surface area contributed by atoms with Gasteiger partial charge >= 0.3 is 0 Å². The maximum atomic E-state index is 9.86. The maximum Gasteiger partial charge on any atom is 0.0636 e. The largest absolute Gasteiger partial charge is 0.107 e. The molecule has 0 aliphatic heterocycles. The predicted molar refractivity (Wildman–Crippen MR) is 332 cm³/mol. The zero-order valence-electron chi connectivity index (χ0n) is 62.8. The standard InChI is InChI=1S/2C36H24.B.HI/c2*1-3-13-26(14-4-1)35-31-19-9-10-20-32(31)36(27-15-5-2-6-16-27)34-24-28(22-23-33(34)35)30-21-11-17-25-12-7-8-18-29(25)30;;/h2*1-24H;;1H/i1D,2D,3D,4D,5D,6D,7D,8D,9D,10D,11D,12D,13D,14D,15D,16D,17D,18D,19D,20D,21D,22D,23D,24D;;;. The summed E-state index contributed by atoms with van der Waals surface area (Å²) in [6, 6.07) is 30.4. The van der Waals surface area contributed by atoms with Gasteiger partial charge in [0.2, 0.25) is 0 Å². The van der Waals surface area contributed by atoms with Crippen LogP contribution in [0.25, 0.3) is 131 Å². The average Bonchev–Trinajstić information content (AvgIpc) is 0.687. The first-order chi connectivity index (χ1) is 45.7. The molecule has 0 atom stereocenters. The first-order valence-corrected chi connectivity index (χ1v) is 23.0. The van der Waals surface area contributed by atoms with Gasteiger partial charge in [-0.15, -0.1) is 24.0 Å². The van der Waals surface area contributed by atoms with Crippen molar-refractivity contribution in [3.63, 3.8) is 0 Å². The molecule has 3 radical (unpaired) electrons. The fourth-order valence-electron chi connectivity index (χ4n) is 9.75. The van der Waals surface area contributed by atoms with Crippen LogP contribution in [0, 0.1) is 0 Å². The van der Waals surface area contributed by atoms with Crippen LogP contribution in [0.15, 0.2) is 291 Å². The monoisotopic (exact) mass is 1080 g/mol. The lowest BCUT2D eigenvalue weighted by Gasteiger charge is -2.19. The van der Waals surface area contributed by atoms with E-state index in [4.69, 9.17) is 27.4 Å². The average molecular weight is 1080 g/mol. The van der Waals surface area contributed by atoms with Crippen molar-refractivity contribution in [1.82, 2.24) is 0 Å². The minimum Gasteiger partial charge on any atom is -0.107 e. The summed E-state index contributed by atoms with van der Waals surface area (Å²) >= 11 is 0. The number of benzene rings is 14.